The smallest absolute Gasteiger partial charge is 0.230 e. The second-order valence-electron chi connectivity index (χ2n) is 4.36. The predicted molar refractivity (Wildman–Crippen MR) is 75.2 cm³/mol. The van der Waals surface area contributed by atoms with E-state index in [1.165, 1.54) is 11.1 Å². The Balaban J connectivity index is 2.26. The zero-order valence-corrected chi connectivity index (χ0v) is 11.6. The van der Waals surface area contributed by atoms with E-state index in [1.54, 1.807) is 11.8 Å². The summed E-state index contributed by atoms with van der Waals surface area (Å²) in [6, 6.07) is 8.70. The fourth-order valence-electron chi connectivity index (χ4n) is 1.48. The molecule has 0 fully saturated rings. The lowest BCUT2D eigenvalue weighted by molar-refractivity contribution is -0.119. The van der Waals surface area contributed by atoms with Crippen LogP contribution in [0.4, 0.5) is 0 Å². The molecule has 0 aliphatic carbocycles. The molecule has 0 saturated heterocycles. The van der Waals surface area contributed by atoms with Crippen LogP contribution in [0.2, 0.25) is 0 Å². The third kappa shape index (κ3) is 5.78. The van der Waals surface area contributed by atoms with Gasteiger partial charge in [-0.2, -0.15) is 0 Å². The molecule has 0 aliphatic heterocycles. The molecule has 0 bridgehead atoms. The average Bonchev–Trinajstić information content (AvgIpc) is 2.29. The maximum Gasteiger partial charge on any atom is 0.230 e. The van der Waals surface area contributed by atoms with Gasteiger partial charge < -0.3 is 5.32 Å². The molecule has 0 spiro atoms. The Kier molecular flexibility index (Phi) is 6.12. The summed E-state index contributed by atoms with van der Waals surface area (Å²) in [5.41, 5.74) is 2.55. The summed E-state index contributed by atoms with van der Waals surface area (Å²) in [4.78, 5) is 11.5. The maximum atomic E-state index is 11.5. The molecule has 0 aromatic heterocycles. The molecule has 1 N–H and O–H groups in total. The first kappa shape index (κ1) is 14.1. The number of rotatable bonds is 6. The molecule has 3 heteroatoms. The number of nitrogens with one attached hydrogen (secondary N) is 1. The van der Waals surface area contributed by atoms with Crippen molar-refractivity contribution in [3.8, 4) is 0 Å². The highest BCUT2D eigenvalue weighted by atomic mass is 32.2. The molecule has 1 rings (SSSR count). The fraction of sp³-hybridized carbons (Fsp3) is 0.500. The van der Waals surface area contributed by atoms with E-state index in [9.17, 15) is 4.79 Å². The zero-order valence-electron chi connectivity index (χ0n) is 10.8. The lowest BCUT2D eigenvalue weighted by Gasteiger charge is -2.10. The molecule has 2 nitrogen and oxygen atoms in total. The average molecular weight is 251 g/mol. The van der Waals surface area contributed by atoms with E-state index in [0.29, 0.717) is 5.75 Å². The van der Waals surface area contributed by atoms with Gasteiger partial charge in [0.1, 0.15) is 0 Å². The topological polar surface area (TPSA) is 29.1 Å². The number of carbonyl (C=O) groups is 1. The van der Waals surface area contributed by atoms with E-state index in [4.69, 9.17) is 0 Å². The molecule has 0 heterocycles. The maximum absolute atomic E-state index is 11.5. The van der Waals surface area contributed by atoms with E-state index < -0.39 is 0 Å². The number of aryl methyl sites for hydroxylation is 1. The standard InChI is InChI=1S/C14H21NOS/c1-4-12(3)15-14(16)10-17-9-13-7-5-6-11(2)8-13/h5-8,12H,4,9-10H2,1-3H3,(H,15,16)/t12-/m1/s1. The van der Waals surface area contributed by atoms with Gasteiger partial charge in [0.2, 0.25) is 5.91 Å². The van der Waals surface area contributed by atoms with Crippen LogP contribution in [0.25, 0.3) is 0 Å². The van der Waals surface area contributed by atoms with Crippen molar-refractivity contribution in [1.29, 1.82) is 0 Å². The summed E-state index contributed by atoms with van der Waals surface area (Å²) in [5, 5.41) is 2.97. The minimum absolute atomic E-state index is 0.136. The van der Waals surface area contributed by atoms with Crippen LogP contribution in [0.15, 0.2) is 24.3 Å². The Morgan fingerprint density at radius 3 is 2.88 bits per heavy atom. The van der Waals surface area contributed by atoms with Crippen molar-refractivity contribution in [1.82, 2.24) is 5.32 Å². The van der Waals surface area contributed by atoms with Crippen LogP contribution in [0.3, 0.4) is 0 Å². The van der Waals surface area contributed by atoms with Gasteiger partial charge in [-0.1, -0.05) is 36.8 Å². The van der Waals surface area contributed by atoms with Gasteiger partial charge in [0.05, 0.1) is 5.75 Å². The monoisotopic (exact) mass is 251 g/mol. The van der Waals surface area contributed by atoms with Crippen LogP contribution < -0.4 is 5.32 Å². The molecule has 1 aromatic rings. The summed E-state index contributed by atoms with van der Waals surface area (Å²) in [6.45, 7) is 6.19. The first-order valence-electron chi connectivity index (χ1n) is 6.04. The van der Waals surface area contributed by atoms with Crippen LogP contribution in [0.5, 0.6) is 0 Å². The van der Waals surface area contributed by atoms with Crippen molar-refractivity contribution in [3.63, 3.8) is 0 Å². The van der Waals surface area contributed by atoms with Crippen molar-refractivity contribution >= 4 is 17.7 Å². The molecule has 0 saturated carbocycles. The molecule has 17 heavy (non-hydrogen) atoms. The van der Waals surface area contributed by atoms with Crippen LogP contribution in [0, 0.1) is 6.92 Å². The first-order valence-corrected chi connectivity index (χ1v) is 7.20. The third-order valence-corrected chi connectivity index (χ3v) is 3.61. The molecule has 0 radical (unpaired) electrons. The van der Waals surface area contributed by atoms with Crippen molar-refractivity contribution < 1.29 is 4.79 Å². The first-order chi connectivity index (χ1) is 8.11. The number of hydrogen-bond donors (Lipinski definition) is 1. The van der Waals surface area contributed by atoms with Gasteiger partial charge >= 0.3 is 0 Å². The predicted octanol–water partition coefficient (Wildman–Crippen LogP) is 3.14. The minimum atomic E-state index is 0.136. The van der Waals surface area contributed by atoms with Crippen molar-refractivity contribution in [3.05, 3.63) is 35.4 Å². The molecule has 1 atom stereocenters. The second kappa shape index (κ2) is 7.38. The van der Waals surface area contributed by atoms with Gasteiger partial charge in [-0.3, -0.25) is 4.79 Å². The summed E-state index contributed by atoms with van der Waals surface area (Å²) < 4.78 is 0. The molecule has 0 aliphatic rings. The Labute approximate surface area is 108 Å². The quantitative estimate of drug-likeness (QED) is 0.841. The van der Waals surface area contributed by atoms with Gasteiger partial charge in [-0.15, -0.1) is 11.8 Å². The third-order valence-electron chi connectivity index (χ3n) is 2.60. The van der Waals surface area contributed by atoms with E-state index in [0.717, 1.165) is 12.2 Å². The number of benzene rings is 1. The largest absolute Gasteiger partial charge is 0.353 e. The number of amides is 1. The van der Waals surface area contributed by atoms with Gasteiger partial charge in [-0.05, 0) is 25.8 Å². The number of carbonyl (C=O) groups excluding carboxylic acids is 1. The Morgan fingerprint density at radius 1 is 1.47 bits per heavy atom. The van der Waals surface area contributed by atoms with Crippen molar-refractivity contribution in [2.75, 3.05) is 5.75 Å². The van der Waals surface area contributed by atoms with Gasteiger partial charge in [0.15, 0.2) is 0 Å². The van der Waals surface area contributed by atoms with E-state index >= 15 is 0 Å². The lowest BCUT2D eigenvalue weighted by atomic mass is 10.2. The second-order valence-corrected chi connectivity index (χ2v) is 5.34. The van der Waals surface area contributed by atoms with Crippen LogP contribution >= 0.6 is 11.8 Å². The fourth-order valence-corrected chi connectivity index (χ4v) is 2.27. The van der Waals surface area contributed by atoms with E-state index in [1.807, 2.05) is 6.92 Å². The Hall–Kier alpha value is -0.960. The highest BCUT2D eigenvalue weighted by Crippen LogP contribution is 2.13. The van der Waals surface area contributed by atoms with Gasteiger partial charge in [-0.25, -0.2) is 0 Å². The molecule has 1 aromatic carbocycles. The van der Waals surface area contributed by atoms with Crippen molar-refractivity contribution in [2.24, 2.45) is 0 Å². The Bertz CT molecular complexity index is 365. The number of hydrogen-bond acceptors (Lipinski definition) is 2. The van der Waals surface area contributed by atoms with Gasteiger partial charge in [0, 0.05) is 11.8 Å². The normalized spacial score (nSPS) is 12.2. The van der Waals surface area contributed by atoms with Crippen LogP contribution in [-0.4, -0.2) is 17.7 Å². The molecular weight excluding hydrogens is 230 g/mol. The number of thioether (sulfide) groups is 1. The summed E-state index contributed by atoms with van der Waals surface area (Å²) in [5.74, 6) is 1.57. The molecule has 1 amide bonds. The SMILES string of the molecule is CC[C@@H](C)NC(=O)CSCc1cccc(C)c1. The highest BCUT2D eigenvalue weighted by Gasteiger charge is 2.05. The van der Waals surface area contributed by atoms with E-state index in [-0.39, 0.29) is 11.9 Å². The summed E-state index contributed by atoms with van der Waals surface area (Å²) >= 11 is 1.66. The summed E-state index contributed by atoms with van der Waals surface area (Å²) in [6.07, 6.45) is 0.980. The summed E-state index contributed by atoms with van der Waals surface area (Å²) in [7, 11) is 0. The van der Waals surface area contributed by atoms with Gasteiger partial charge in [0.25, 0.3) is 0 Å². The molecular formula is C14H21NOS. The lowest BCUT2D eigenvalue weighted by Crippen LogP contribution is -2.33. The highest BCUT2D eigenvalue weighted by molar-refractivity contribution is 7.99. The minimum Gasteiger partial charge on any atom is -0.353 e. The van der Waals surface area contributed by atoms with Crippen LogP contribution in [0.1, 0.15) is 31.4 Å². The van der Waals surface area contributed by atoms with E-state index in [2.05, 4.69) is 43.4 Å². The molecule has 94 valence electrons. The zero-order chi connectivity index (χ0) is 12.7. The van der Waals surface area contributed by atoms with Crippen molar-refractivity contribution in [2.45, 2.75) is 39.0 Å². The Morgan fingerprint density at radius 2 is 2.24 bits per heavy atom. The van der Waals surface area contributed by atoms with Crippen LogP contribution in [-0.2, 0) is 10.5 Å². The molecule has 0 unspecified atom stereocenters.